The SMILES string of the molecule is COc1cccc(CN2c3ccccc3C(N(C(C)=O)c3ccccc3)CC2C)c1. The zero-order valence-corrected chi connectivity index (χ0v) is 17.8. The van der Waals surface area contributed by atoms with E-state index in [-0.39, 0.29) is 18.0 Å². The highest BCUT2D eigenvalue weighted by atomic mass is 16.5. The summed E-state index contributed by atoms with van der Waals surface area (Å²) in [5, 5.41) is 0. The number of hydrogen-bond acceptors (Lipinski definition) is 3. The number of nitrogens with zero attached hydrogens (tertiary/aromatic N) is 2. The number of rotatable bonds is 5. The number of amides is 1. The van der Waals surface area contributed by atoms with Gasteiger partial charge in [0.1, 0.15) is 5.75 Å². The van der Waals surface area contributed by atoms with Gasteiger partial charge in [-0.15, -0.1) is 0 Å². The van der Waals surface area contributed by atoms with E-state index in [0.29, 0.717) is 0 Å². The van der Waals surface area contributed by atoms with Crippen molar-refractivity contribution >= 4 is 17.3 Å². The number of methoxy groups -OCH3 is 1. The molecule has 4 rings (SSSR count). The molecule has 3 aromatic carbocycles. The van der Waals surface area contributed by atoms with Gasteiger partial charge < -0.3 is 14.5 Å². The summed E-state index contributed by atoms with van der Waals surface area (Å²) >= 11 is 0. The minimum absolute atomic E-state index is 0.0117. The summed E-state index contributed by atoms with van der Waals surface area (Å²) in [6.45, 7) is 4.70. The van der Waals surface area contributed by atoms with E-state index in [4.69, 9.17) is 4.74 Å². The van der Waals surface area contributed by atoms with E-state index in [2.05, 4.69) is 48.2 Å². The summed E-state index contributed by atoms with van der Waals surface area (Å²) in [5.74, 6) is 0.935. The lowest BCUT2D eigenvalue weighted by atomic mass is 9.89. The summed E-state index contributed by atoms with van der Waals surface area (Å²) < 4.78 is 5.40. The normalized spacial score (nSPS) is 17.9. The molecule has 1 heterocycles. The van der Waals surface area contributed by atoms with Crippen LogP contribution in [0.3, 0.4) is 0 Å². The monoisotopic (exact) mass is 400 g/mol. The van der Waals surface area contributed by atoms with Gasteiger partial charge in [0.2, 0.25) is 5.91 Å². The van der Waals surface area contributed by atoms with Gasteiger partial charge in [-0.1, -0.05) is 48.5 Å². The Kier molecular flexibility index (Phi) is 5.75. The van der Waals surface area contributed by atoms with Gasteiger partial charge in [0.15, 0.2) is 0 Å². The minimum atomic E-state index is 0.0117. The maximum absolute atomic E-state index is 12.7. The van der Waals surface area contributed by atoms with Crippen LogP contribution in [-0.2, 0) is 11.3 Å². The second-order valence-corrected chi connectivity index (χ2v) is 7.86. The molecule has 2 atom stereocenters. The third kappa shape index (κ3) is 3.90. The molecule has 0 saturated carbocycles. The highest BCUT2D eigenvalue weighted by Crippen LogP contribution is 2.42. The van der Waals surface area contributed by atoms with Crippen LogP contribution in [0.2, 0.25) is 0 Å². The van der Waals surface area contributed by atoms with Gasteiger partial charge in [0.05, 0.1) is 13.2 Å². The van der Waals surface area contributed by atoms with Crippen LogP contribution in [0.4, 0.5) is 11.4 Å². The Bertz CT molecular complexity index is 1020. The molecule has 1 aliphatic heterocycles. The number of carbonyl (C=O) groups is 1. The number of benzene rings is 3. The van der Waals surface area contributed by atoms with Crippen LogP contribution in [0.5, 0.6) is 5.75 Å². The first-order chi connectivity index (χ1) is 14.6. The van der Waals surface area contributed by atoms with Crippen molar-refractivity contribution in [3.8, 4) is 5.75 Å². The van der Waals surface area contributed by atoms with Gasteiger partial charge in [-0.2, -0.15) is 0 Å². The van der Waals surface area contributed by atoms with Crippen LogP contribution < -0.4 is 14.5 Å². The molecule has 4 heteroatoms. The van der Waals surface area contributed by atoms with Crippen molar-refractivity contribution in [2.75, 3.05) is 16.9 Å². The molecule has 0 aromatic heterocycles. The van der Waals surface area contributed by atoms with Gasteiger partial charge in [0, 0.05) is 30.9 Å². The fourth-order valence-corrected chi connectivity index (χ4v) is 4.47. The van der Waals surface area contributed by atoms with Crippen LogP contribution in [0.25, 0.3) is 0 Å². The van der Waals surface area contributed by atoms with Crippen molar-refractivity contribution < 1.29 is 9.53 Å². The van der Waals surface area contributed by atoms with Crippen molar-refractivity contribution in [2.24, 2.45) is 0 Å². The van der Waals surface area contributed by atoms with Gasteiger partial charge in [-0.3, -0.25) is 4.79 Å². The number of carbonyl (C=O) groups excluding carboxylic acids is 1. The lowest BCUT2D eigenvalue weighted by Gasteiger charge is -2.44. The quantitative estimate of drug-likeness (QED) is 0.560. The molecule has 0 aliphatic carbocycles. The summed E-state index contributed by atoms with van der Waals surface area (Å²) in [7, 11) is 1.70. The van der Waals surface area contributed by atoms with Crippen molar-refractivity contribution in [1.29, 1.82) is 0 Å². The highest BCUT2D eigenvalue weighted by molar-refractivity contribution is 5.92. The Labute approximate surface area is 178 Å². The van der Waals surface area contributed by atoms with E-state index < -0.39 is 0 Å². The van der Waals surface area contributed by atoms with Crippen LogP contribution in [0.1, 0.15) is 37.4 Å². The Morgan fingerprint density at radius 3 is 2.50 bits per heavy atom. The van der Waals surface area contributed by atoms with Crippen molar-refractivity contribution in [1.82, 2.24) is 0 Å². The van der Waals surface area contributed by atoms with Crippen LogP contribution >= 0.6 is 0 Å². The maximum Gasteiger partial charge on any atom is 0.224 e. The Morgan fingerprint density at radius 1 is 1.03 bits per heavy atom. The molecular weight excluding hydrogens is 372 g/mol. The lowest BCUT2D eigenvalue weighted by Crippen LogP contribution is -2.44. The van der Waals surface area contributed by atoms with E-state index in [1.54, 1.807) is 14.0 Å². The van der Waals surface area contributed by atoms with Crippen molar-refractivity contribution in [3.05, 3.63) is 90.0 Å². The van der Waals surface area contributed by atoms with Gasteiger partial charge >= 0.3 is 0 Å². The van der Waals surface area contributed by atoms with Crippen LogP contribution in [0, 0.1) is 0 Å². The van der Waals surface area contributed by atoms with E-state index in [1.165, 1.54) is 16.8 Å². The molecule has 0 saturated heterocycles. The number of ether oxygens (including phenoxy) is 1. The Balaban J connectivity index is 1.72. The average molecular weight is 401 g/mol. The van der Waals surface area contributed by atoms with E-state index in [1.807, 2.05) is 47.4 Å². The van der Waals surface area contributed by atoms with E-state index >= 15 is 0 Å². The first kappa shape index (κ1) is 20.0. The van der Waals surface area contributed by atoms with Gasteiger partial charge in [-0.05, 0) is 54.8 Å². The largest absolute Gasteiger partial charge is 0.497 e. The average Bonchev–Trinajstić information content (AvgIpc) is 2.77. The van der Waals surface area contributed by atoms with Gasteiger partial charge in [0.25, 0.3) is 0 Å². The highest BCUT2D eigenvalue weighted by Gasteiger charge is 2.35. The predicted molar refractivity (Wildman–Crippen MR) is 122 cm³/mol. The summed E-state index contributed by atoms with van der Waals surface area (Å²) in [4.78, 5) is 17.1. The molecule has 0 spiro atoms. The third-order valence-electron chi connectivity index (χ3n) is 5.87. The molecule has 0 fully saturated rings. The van der Waals surface area contributed by atoms with Crippen LogP contribution in [0.15, 0.2) is 78.9 Å². The fraction of sp³-hybridized carbons (Fsp3) is 0.269. The minimum Gasteiger partial charge on any atom is -0.497 e. The molecule has 3 aromatic rings. The molecule has 1 aliphatic rings. The van der Waals surface area contributed by atoms with E-state index in [0.717, 1.165) is 24.4 Å². The first-order valence-corrected chi connectivity index (χ1v) is 10.4. The molecule has 4 nitrogen and oxygen atoms in total. The van der Waals surface area contributed by atoms with E-state index in [9.17, 15) is 4.79 Å². The lowest BCUT2D eigenvalue weighted by molar-refractivity contribution is -0.117. The van der Waals surface area contributed by atoms with Crippen molar-refractivity contribution in [2.45, 2.75) is 38.9 Å². The molecule has 154 valence electrons. The maximum atomic E-state index is 12.7. The molecule has 0 bridgehead atoms. The van der Waals surface area contributed by atoms with Gasteiger partial charge in [-0.25, -0.2) is 0 Å². The standard InChI is InChI=1S/C26H28N2O2/c1-19-16-26(28(20(2)29)22-11-5-4-6-12-22)24-14-7-8-15-25(24)27(19)18-21-10-9-13-23(17-21)30-3/h4-15,17,19,26H,16,18H2,1-3H3. The topological polar surface area (TPSA) is 32.8 Å². The molecule has 1 amide bonds. The van der Waals surface area contributed by atoms with Crippen molar-refractivity contribution in [3.63, 3.8) is 0 Å². The molecule has 2 unspecified atom stereocenters. The number of anilines is 2. The second-order valence-electron chi connectivity index (χ2n) is 7.86. The number of fused-ring (bicyclic) bond motifs is 1. The summed E-state index contributed by atoms with van der Waals surface area (Å²) in [5.41, 5.74) is 4.53. The number of para-hydroxylation sites is 2. The molecule has 30 heavy (non-hydrogen) atoms. The summed E-state index contributed by atoms with van der Waals surface area (Å²) in [6, 6.07) is 27.0. The fourth-order valence-electron chi connectivity index (χ4n) is 4.47. The van der Waals surface area contributed by atoms with Crippen LogP contribution in [-0.4, -0.2) is 19.1 Å². The Morgan fingerprint density at radius 2 is 1.77 bits per heavy atom. The summed E-state index contributed by atoms with van der Waals surface area (Å²) in [6.07, 6.45) is 0.870. The zero-order chi connectivity index (χ0) is 21.1. The second kappa shape index (κ2) is 8.62. The third-order valence-corrected chi connectivity index (χ3v) is 5.87. The predicted octanol–water partition coefficient (Wildman–Crippen LogP) is 5.59. The molecule has 0 N–H and O–H groups in total. The Hall–Kier alpha value is -3.27. The number of hydrogen-bond donors (Lipinski definition) is 0. The molecule has 0 radical (unpaired) electrons. The molecular formula is C26H28N2O2. The zero-order valence-electron chi connectivity index (χ0n) is 17.8. The smallest absolute Gasteiger partial charge is 0.224 e. The first-order valence-electron chi connectivity index (χ1n) is 10.4.